The number of hydrogen-bond donors (Lipinski definition) is 1. The number of pyridine rings is 1. The average Bonchev–Trinajstić information content (AvgIpc) is 3.05. The molecule has 0 saturated heterocycles. The van der Waals surface area contributed by atoms with Gasteiger partial charge in [0.05, 0.1) is 23.4 Å². The Hall–Kier alpha value is -3.79. The average molecular weight is 313 g/mol. The summed E-state index contributed by atoms with van der Waals surface area (Å²) in [5, 5.41) is 16.7. The molecule has 24 heavy (non-hydrogen) atoms. The minimum absolute atomic E-state index is 0.399. The van der Waals surface area contributed by atoms with Crippen molar-refractivity contribution in [1.29, 1.82) is 5.26 Å². The van der Waals surface area contributed by atoms with E-state index in [2.05, 4.69) is 31.4 Å². The van der Waals surface area contributed by atoms with Crippen molar-refractivity contribution in [3.05, 3.63) is 66.6 Å². The minimum Gasteiger partial charge on any atom is -0.322 e. The van der Waals surface area contributed by atoms with E-state index < -0.39 is 0 Å². The number of para-hydroxylation sites is 2. The molecule has 4 rings (SSSR count). The molecule has 0 atom stereocenters. The summed E-state index contributed by atoms with van der Waals surface area (Å²) in [6.07, 6.45) is 4.79. The third kappa shape index (κ3) is 2.42. The number of benzene rings is 1. The van der Waals surface area contributed by atoms with E-state index in [0.29, 0.717) is 23.0 Å². The van der Waals surface area contributed by atoms with Gasteiger partial charge in [-0.2, -0.15) is 15.0 Å². The standard InChI is InChI=1S/C17H11N7/c18-9-12-10-21-24(16-7-3-4-8-19-16)17(12)23-15-11-20-13-5-1-2-6-14(13)22-15/h1-8,10-11H,(H,22,23). The molecule has 0 aliphatic carbocycles. The zero-order chi connectivity index (χ0) is 16.4. The van der Waals surface area contributed by atoms with E-state index in [9.17, 15) is 5.26 Å². The topological polar surface area (TPSA) is 92.3 Å². The highest BCUT2D eigenvalue weighted by Gasteiger charge is 2.14. The summed E-state index contributed by atoms with van der Waals surface area (Å²) in [4.78, 5) is 13.1. The van der Waals surface area contributed by atoms with Crippen molar-refractivity contribution < 1.29 is 0 Å². The Morgan fingerprint density at radius 3 is 2.58 bits per heavy atom. The number of rotatable bonds is 3. The van der Waals surface area contributed by atoms with Crippen LogP contribution in [0.5, 0.6) is 0 Å². The van der Waals surface area contributed by atoms with E-state index in [1.54, 1.807) is 17.1 Å². The van der Waals surface area contributed by atoms with Crippen molar-refractivity contribution in [3.63, 3.8) is 0 Å². The fourth-order valence-electron chi connectivity index (χ4n) is 2.34. The van der Waals surface area contributed by atoms with Crippen LogP contribution in [0.1, 0.15) is 5.56 Å². The summed E-state index contributed by atoms with van der Waals surface area (Å²) in [7, 11) is 0. The van der Waals surface area contributed by atoms with Gasteiger partial charge in [0.15, 0.2) is 17.5 Å². The summed E-state index contributed by atoms with van der Waals surface area (Å²) in [5.74, 6) is 1.64. The number of hydrogen-bond acceptors (Lipinski definition) is 6. The van der Waals surface area contributed by atoms with E-state index >= 15 is 0 Å². The van der Waals surface area contributed by atoms with Crippen LogP contribution in [0.25, 0.3) is 16.9 Å². The molecule has 1 N–H and O–H groups in total. The van der Waals surface area contributed by atoms with Crippen LogP contribution in [-0.4, -0.2) is 24.7 Å². The molecule has 0 fully saturated rings. The molecule has 7 nitrogen and oxygen atoms in total. The SMILES string of the molecule is N#Cc1cnn(-c2ccccn2)c1Nc1cnc2ccccc2n1. The highest BCUT2D eigenvalue weighted by Crippen LogP contribution is 2.22. The second-order valence-corrected chi connectivity index (χ2v) is 4.99. The van der Waals surface area contributed by atoms with Gasteiger partial charge in [0.25, 0.3) is 0 Å². The van der Waals surface area contributed by atoms with Gasteiger partial charge in [0, 0.05) is 6.20 Å². The lowest BCUT2D eigenvalue weighted by atomic mass is 10.3. The summed E-state index contributed by atoms with van der Waals surface area (Å²) in [5.41, 5.74) is 1.97. The molecule has 0 unspecified atom stereocenters. The summed E-state index contributed by atoms with van der Waals surface area (Å²) in [6.45, 7) is 0. The molecular weight excluding hydrogens is 302 g/mol. The Balaban J connectivity index is 1.78. The number of aromatic nitrogens is 5. The predicted octanol–water partition coefficient (Wildman–Crippen LogP) is 2.83. The van der Waals surface area contributed by atoms with E-state index in [4.69, 9.17) is 0 Å². The van der Waals surface area contributed by atoms with Gasteiger partial charge >= 0.3 is 0 Å². The monoisotopic (exact) mass is 313 g/mol. The molecule has 114 valence electrons. The van der Waals surface area contributed by atoms with Crippen molar-refractivity contribution >= 4 is 22.7 Å². The molecule has 3 aromatic heterocycles. The molecule has 4 aromatic rings. The molecule has 7 heteroatoms. The largest absolute Gasteiger partial charge is 0.322 e. The van der Waals surface area contributed by atoms with Gasteiger partial charge in [0.2, 0.25) is 0 Å². The van der Waals surface area contributed by atoms with E-state index in [1.807, 2.05) is 42.5 Å². The van der Waals surface area contributed by atoms with Crippen LogP contribution in [0.3, 0.4) is 0 Å². The van der Waals surface area contributed by atoms with Gasteiger partial charge in [-0.3, -0.25) is 4.98 Å². The molecule has 0 bridgehead atoms. The molecule has 0 aliphatic heterocycles. The van der Waals surface area contributed by atoms with Crippen LogP contribution in [0.2, 0.25) is 0 Å². The maximum Gasteiger partial charge on any atom is 0.155 e. The Bertz CT molecular complexity index is 1050. The number of nitriles is 1. The zero-order valence-electron chi connectivity index (χ0n) is 12.5. The lowest BCUT2D eigenvalue weighted by Gasteiger charge is -2.09. The first-order valence-electron chi connectivity index (χ1n) is 7.23. The van der Waals surface area contributed by atoms with Crippen molar-refractivity contribution in [3.8, 4) is 11.9 Å². The summed E-state index contributed by atoms with van der Waals surface area (Å²) < 4.78 is 1.56. The van der Waals surface area contributed by atoms with E-state index in [-0.39, 0.29) is 0 Å². The first kappa shape index (κ1) is 13.8. The third-order valence-electron chi connectivity index (χ3n) is 3.45. The van der Waals surface area contributed by atoms with Crippen molar-refractivity contribution in [1.82, 2.24) is 24.7 Å². The first-order valence-corrected chi connectivity index (χ1v) is 7.23. The van der Waals surface area contributed by atoms with Crippen LogP contribution in [-0.2, 0) is 0 Å². The number of nitrogens with one attached hydrogen (secondary N) is 1. The molecule has 0 amide bonds. The fourth-order valence-corrected chi connectivity index (χ4v) is 2.34. The van der Waals surface area contributed by atoms with Gasteiger partial charge in [-0.05, 0) is 24.3 Å². The Morgan fingerprint density at radius 2 is 1.79 bits per heavy atom. The highest BCUT2D eigenvalue weighted by atomic mass is 15.4. The quantitative estimate of drug-likeness (QED) is 0.625. The first-order chi connectivity index (χ1) is 11.8. The number of nitrogens with zero attached hydrogens (tertiary/aromatic N) is 6. The molecule has 0 aliphatic rings. The van der Waals surface area contributed by atoms with Crippen LogP contribution in [0.15, 0.2) is 61.1 Å². The van der Waals surface area contributed by atoms with E-state index in [0.717, 1.165) is 11.0 Å². The lowest BCUT2D eigenvalue weighted by Crippen LogP contribution is -2.06. The van der Waals surface area contributed by atoms with Crippen LogP contribution >= 0.6 is 0 Å². The molecule has 0 spiro atoms. The van der Waals surface area contributed by atoms with Crippen LogP contribution in [0, 0.1) is 11.3 Å². The smallest absolute Gasteiger partial charge is 0.155 e. The molecule has 3 heterocycles. The van der Waals surface area contributed by atoms with Gasteiger partial charge in [-0.15, -0.1) is 0 Å². The molecule has 0 radical (unpaired) electrons. The Morgan fingerprint density at radius 1 is 0.958 bits per heavy atom. The van der Waals surface area contributed by atoms with Gasteiger partial charge in [-0.25, -0.2) is 9.97 Å². The Kier molecular flexibility index (Phi) is 3.33. The Labute approximate surface area is 137 Å². The maximum atomic E-state index is 9.33. The molecule has 0 saturated carbocycles. The minimum atomic E-state index is 0.399. The predicted molar refractivity (Wildman–Crippen MR) is 88.9 cm³/mol. The van der Waals surface area contributed by atoms with Gasteiger partial charge in [-0.1, -0.05) is 18.2 Å². The summed E-state index contributed by atoms with van der Waals surface area (Å²) >= 11 is 0. The number of fused-ring (bicyclic) bond motifs is 1. The zero-order valence-corrected chi connectivity index (χ0v) is 12.5. The van der Waals surface area contributed by atoms with Crippen LogP contribution < -0.4 is 5.32 Å². The molecule has 1 aromatic carbocycles. The van der Waals surface area contributed by atoms with Crippen LogP contribution in [0.4, 0.5) is 11.6 Å². The molecular formula is C17H11N7. The van der Waals surface area contributed by atoms with Crippen molar-refractivity contribution in [2.45, 2.75) is 0 Å². The normalized spacial score (nSPS) is 10.5. The van der Waals surface area contributed by atoms with Crippen molar-refractivity contribution in [2.75, 3.05) is 5.32 Å². The van der Waals surface area contributed by atoms with Crippen molar-refractivity contribution in [2.24, 2.45) is 0 Å². The highest BCUT2D eigenvalue weighted by molar-refractivity contribution is 5.76. The second kappa shape index (κ2) is 5.78. The lowest BCUT2D eigenvalue weighted by molar-refractivity contribution is 0.853. The maximum absolute atomic E-state index is 9.33. The third-order valence-corrected chi connectivity index (χ3v) is 3.45. The van der Waals surface area contributed by atoms with E-state index in [1.165, 1.54) is 6.20 Å². The summed E-state index contributed by atoms with van der Waals surface area (Å²) in [6, 6.07) is 15.2. The number of anilines is 2. The second-order valence-electron chi connectivity index (χ2n) is 4.99. The fraction of sp³-hybridized carbons (Fsp3) is 0. The van der Waals surface area contributed by atoms with Gasteiger partial charge < -0.3 is 5.32 Å². The van der Waals surface area contributed by atoms with Gasteiger partial charge in [0.1, 0.15) is 11.6 Å².